The van der Waals surface area contributed by atoms with Crippen LogP contribution in [0.2, 0.25) is 0 Å². The molecule has 326 valence electrons. The van der Waals surface area contributed by atoms with Crippen LogP contribution < -0.4 is 5.73 Å². The van der Waals surface area contributed by atoms with Crippen LogP contribution >= 0.6 is 7.82 Å². The van der Waals surface area contributed by atoms with Gasteiger partial charge in [-0.3, -0.25) is 23.4 Å². The third kappa shape index (κ3) is 27.7. The van der Waals surface area contributed by atoms with Crippen LogP contribution in [0.3, 0.4) is 0 Å². The number of carbonyl (C=O) groups is 3. The van der Waals surface area contributed by atoms with Crippen molar-refractivity contribution in [3.8, 4) is 0 Å². The van der Waals surface area contributed by atoms with Gasteiger partial charge in [-0.05, 0) is 51.4 Å². The number of aliphatic hydroxyl groups excluding tert-OH is 2. The van der Waals surface area contributed by atoms with Crippen molar-refractivity contribution in [2.75, 3.05) is 26.4 Å². The minimum atomic E-state index is -4.44. The number of Topliss-reactive ketones (excluding diaryl/α,β-unsaturated/α-hetero) is 1. The fourth-order valence-electron chi connectivity index (χ4n) is 6.88. The normalized spacial score (nSPS) is 19.5. The van der Waals surface area contributed by atoms with Crippen LogP contribution in [0.5, 0.6) is 0 Å². The Balaban J connectivity index is 2.38. The van der Waals surface area contributed by atoms with Gasteiger partial charge in [-0.2, -0.15) is 0 Å². The van der Waals surface area contributed by atoms with Gasteiger partial charge in [0.15, 0.2) is 6.10 Å². The molecule has 1 saturated carbocycles. The van der Waals surface area contributed by atoms with Crippen LogP contribution in [0.4, 0.5) is 0 Å². The molecule has 1 unspecified atom stereocenters. The van der Waals surface area contributed by atoms with Gasteiger partial charge in [0.1, 0.15) is 12.4 Å². The number of ketones is 1. The van der Waals surface area contributed by atoms with Gasteiger partial charge in [0, 0.05) is 37.6 Å². The summed E-state index contributed by atoms with van der Waals surface area (Å²) >= 11 is 0. The summed E-state index contributed by atoms with van der Waals surface area (Å²) in [6.07, 6.45) is 28.2. The molecule has 0 aromatic heterocycles. The number of unbranched alkanes of at least 4 members (excludes halogenated alkanes) is 16. The van der Waals surface area contributed by atoms with Crippen LogP contribution in [0.15, 0.2) is 24.3 Å². The molecule has 0 aromatic rings. The number of esters is 2. The molecule has 5 N–H and O–H groups in total. The standard InChI is InChI=1S/C43H78NO11P/c1-3-5-7-8-9-10-11-12-13-14-15-16-17-18-23-27-42(48)52-34-37(35-54-56(50,51)53-32-31-44)55-43(49)28-24-20-19-22-26-38-39(41(47)33-40(38)46)30-29-36(45)25-21-6-4-2/h10-11,29-30,36-39,41,45,47H,3-9,12-28,31-35,44H2,1-2H3,(H,50,51)/b11-10-,30-29+/t36-,37+,38+,39+,41+/m0/s1. The van der Waals surface area contributed by atoms with Gasteiger partial charge in [-0.15, -0.1) is 0 Å². The zero-order valence-electron chi connectivity index (χ0n) is 34.8. The van der Waals surface area contributed by atoms with Gasteiger partial charge in [0.05, 0.1) is 25.4 Å². The Morgan fingerprint density at radius 3 is 2.02 bits per heavy atom. The monoisotopic (exact) mass is 816 g/mol. The molecule has 1 aliphatic carbocycles. The largest absolute Gasteiger partial charge is 0.472 e. The molecule has 1 fully saturated rings. The van der Waals surface area contributed by atoms with Crippen LogP contribution in [0, 0.1) is 11.8 Å². The molecule has 0 bridgehead atoms. The Kier molecular flexibility index (Phi) is 31.6. The molecule has 1 aliphatic rings. The van der Waals surface area contributed by atoms with Crippen molar-refractivity contribution in [1.29, 1.82) is 0 Å². The molecule has 0 spiro atoms. The van der Waals surface area contributed by atoms with E-state index in [1.165, 1.54) is 51.4 Å². The second kappa shape index (κ2) is 34.0. The first-order valence-corrected chi connectivity index (χ1v) is 23.4. The van der Waals surface area contributed by atoms with Crippen LogP contribution in [-0.2, 0) is 37.5 Å². The molecule has 13 heteroatoms. The van der Waals surface area contributed by atoms with Crippen molar-refractivity contribution >= 4 is 25.5 Å². The second-order valence-corrected chi connectivity index (χ2v) is 16.8. The quantitative estimate of drug-likeness (QED) is 0.0202. The molecule has 0 saturated heterocycles. The summed E-state index contributed by atoms with van der Waals surface area (Å²) in [5.74, 6) is -1.54. The van der Waals surface area contributed by atoms with Crippen molar-refractivity contribution in [2.45, 2.75) is 193 Å². The summed E-state index contributed by atoms with van der Waals surface area (Å²) in [6, 6.07) is 0. The lowest BCUT2D eigenvalue weighted by atomic mass is 9.88. The Morgan fingerprint density at radius 2 is 1.38 bits per heavy atom. The van der Waals surface area contributed by atoms with Crippen molar-refractivity contribution in [2.24, 2.45) is 17.6 Å². The van der Waals surface area contributed by atoms with Crippen molar-refractivity contribution in [1.82, 2.24) is 0 Å². The number of hydrogen-bond donors (Lipinski definition) is 4. The van der Waals surface area contributed by atoms with Crippen LogP contribution in [-0.4, -0.2) is 77.5 Å². The fourth-order valence-corrected chi connectivity index (χ4v) is 7.64. The number of phosphoric ester groups is 1. The summed E-state index contributed by atoms with van der Waals surface area (Å²) in [7, 11) is -4.44. The third-order valence-electron chi connectivity index (χ3n) is 10.2. The smallest absolute Gasteiger partial charge is 0.462 e. The molecule has 12 nitrogen and oxygen atoms in total. The first-order valence-electron chi connectivity index (χ1n) is 21.9. The van der Waals surface area contributed by atoms with Crippen LogP contribution in [0.25, 0.3) is 0 Å². The molecule has 56 heavy (non-hydrogen) atoms. The summed E-state index contributed by atoms with van der Waals surface area (Å²) in [4.78, 5) is 47.6. The lowest BCUT2D eigenvalue weighted by molar-refractivity contribution is -0.161. The average molecular weight is 816 g/mol. The second-order valence-electron chi connectivity index (χ2n) is 15.3. The molecular weight excluding hydrogens is 737 g/mol. The maximum absolute atomic E-state index is 12.7. The summed E-state index contributed by atoms with van der Waals surface area (Å²) in [5, 5.41) is 20.7. The Hall–Kier alpha value is -1.92. The van der Waals surface area contributed by atoms with E-state index in [-0.39, 0.29) is 56.6 Å². The molecule has 0 heterocycles. The number of ether oxygens (including phenoxy) is 2. The van der Waals surface area contributed by atoms with Gasteiger partial charge in [0.2, 0.25) is 0 Å². The Morgan fingerprint density at radius 1 is 0.804 bits per heavy atom. The molecule has 0 aliphatic heterocycles. The molecule has 6 atom stereocenters. The Labute approximate surface area is 338 Å². The van der Waals surface area contributed by atoms with Gasteiger partial charge >= 0.3 is 19.8 Å². The number of allylic oxidation sites excluding steroid dienone is 2. The zero-order chi connectivity index (χ0) is 41.3. The summed E-state index contributed by atoms with van der Waals surface area (Å²) in [5.41, 5.74) is 5.34. The van der Waals surface area contributed by atoms with E-state index in [1.54, 1.807) is 6.08 Å². The van der Waals surface area contributed by atoms with E-state index in [0.29, 0.717) is 32.1 Å². The zero-order valence-corrected chi connectivity index (χ0v) is 35.7. The third-order valence-corrected chi connectivity index (χ3v) is 11.2. The topological polar surface area (TPSA) is 192 Å². The van der Waals surface area contributed by atoms with Crippen molar-refractivity contribution in [3.05, 3.63) is 24.3 Å². The van der Waals surface area contributed by atoms with E-state index in [2.05, 4.69) is 26.0 Å². The number of carbonyl (C=O) groups excluding carboxylic acids is 3. The van der Waals surface area contributed by atoms with E-state index in [0.717, 1.165) is 57.8 Å². The highest BCUT2D eigenvalue weighted by molar-refractivity contribution is 7.47. The van der Waals surface area contributed by atoms with E-state index < -0.39 is 44.7 Å². The highest BCUT2D eigenvalue weighted by Gasteiger charge is 2.39. The summed E-state index contributed by atoms with van der Waals surface area (Å²) in [6.45, 7) is 3.34. The Bertz CT molecular complexity index is 1130. The number of aliphatic hydroxyl groups is 2. The number of nitrogens with two attached hydrogens (primary N) is 1. The van der Waals surface area contributed by atoms with E-state index >= 15 is 0 Å². The highest BCUT2D eigenvalue weighted by atomic mass is 31.2. The average Bonchev–Trinajstić information content (AvgIpc) is 3.44. The molecular formula is C43H78NO11P. The SMILES string of the molecule is CCCCCC/C=C\CCCCCCCCCC(=O)OC[C@H](COP(=O)(O)OCCN)OC(=O)CCCCCC[C@H]1C(=O)C[C@@H](O)[C@@H]1/C=C/[C@@H](O)CCCCC. The van der Waals surface area contributed by atoms with Gasteiger partial charge in [0.25, 0.3) is 0 Å². The summed E-state index contributed by atoms with van der Waals surface area (Å²) < 4.78 is 32.8. The molecule has 1 rings (SSSR count). The van der Waals surface area contributed by atoms with Gasteiger partial charge in [-0.1, -0.05) is 128 Å². The van der Waals surface area contributed by atoms with Crippen molar-refractivity contribution in [3.63, 3.8) is 0 Å². The predicted octanol–water partition coefficient (Wildman–Crippen LogP) is 8.98. The number of hydrogen-bond acceptors (Lipinski definition) is 11. The lowest BCUT2D eigenvalue weighted by Crippen LogP contribution is -2.29. The predicted molar refractivity (Wildman–Crippen MR) is 221 cm³/mol. The molecule has 0 amide bonds. The number of rotatable bonds is 37. The van der Waals surface area contributed by atoms with E-state index in [1.807, 2.05) is 6.08 Å². The van der Waals surface area contributed by atoms with E-state index in [4.69, 9.17) is 24.3 Å². The number of phosphoric acid groups is 1. The van der Waals surface area contributed by atoms with Gasteiger partial charge < -0.3 is 30.3 Å². The fraction of sp³-hybridized carbons (Fsp3) is 0.837. The first-order chi connectivity index (χ1) is 27.0. The minimum Gasteiger partial charge on any atom is -0.462 e. The van der Waals surface area contributed by atoms with Crippen LogP contribution in [0.1, 0.15) is 174 Å². The van der Waals surface area contributed by atoms with Crippen molar-refractivity contribution < 1.29 is 52.6 Å². The minimum absolute atomic E-state index is 0.0146. The molecule has 0 radical (unpaired) electrons. The lowest BCUT2D eigenvalue weighted by Gasteiger charge is -2.20. The maximum atomic E-state index is 12.7. The maximum Gasteiger partial charge on any atom is 0.472 e. The van der Waals surface area contributed by atoms with Gasteiger partial charge in [-0.25, -0.2) is 4.57 Å². The highest BCUT2D eigenvalue weighted by Crippen LogP contribution is 2.43. The van der Waals surface area contributed by atoms with E-state index in [9.17, 15) is 34.1 Å². The first kappa shape index (κ1) is 52.1. The molecule has 0 aromatic carbocycles.